The molecule has 3 heterocycles. The summed E-state index contributed by atoms with van der Waals surface area (Å²) in [6.07, 6.45) is 2.86. The first-order valence-corrected chi connectivity index (χ1v) is 9.03. The van der Waals surface area contributed by atoms with E-state index in [1.165, 1.54) is 22.7 Å². The molecule has 4 nitrogen and oxygen atoms in total. The van der Waals surface area contributed by atoms with Crippen molar-refractivity contribution in [2.24, 2.45) is 0 Å². The van der Waals surface area contributed by atoms with Crippen LogP contribution in [0, 0.1) is 6.92 Å². The fraction of sp³-hybridized carbons (Fsp3) is 0.444. The van der Waals surface area contributed by atoms with Crippen LogP contribution in [0.25, 0.3) is 11.3 Å². The van der Waals surface area contributed by atoms with E-state index in [0.29, 0.717) is 12.3 Å². The number of carbonyl (C=O) groups excluding carboxylic acids is 1. The number of piperidine rings is 1. The molecule has 0 spiro atoms. The summed E-state index contributed by atoms with van der Waals surface area (Å²) < 4.78 is 0. The Morgan fingerprint density at radius 3 is 2.87 bits per heavy atom. The van der Waals surface area contributed by atoms with E-state index in [1.54, 1.807) is 4.90 Å². The summed E-state index contributed by atoms with van der Waals surface area (Å²) in [6, 6.07) is 6.30. The third-order valence-corrected chi connectivity index (χ3v) is 6.06. The Labute approximate surface area is 140 Å². The Hall–Kier alpha value is -1.72. The second kappa shape index (κ2) is 5.73. The Morgan fingerprint density at radius 1 is 1.30 bits per heavy atom. The van der Waals surface area contributed by atoms with Gasteiger partial charge >= 0.3 is 0 Å². The van der Waals surface area contributed by atoms with Crippen molar-refractivity contribution >= 4 is 22.9 Å². The lowest BCUT2D eigenvalue weighted by atomic mass is 9.99. The molecule has 0 saturated carbocycles. The summed E-state index contributed by atoms with van der Waals surface area (Å²) in [6.45, 7) is 4.33. The number of aromatic nitrogens is 1. The normalized spacial score (nSPS) is 18.5. The van der Waals surface area contributed by atoms with E-state index in [2.05, 4.69) is 30.4 Å². The lowest BCUT2D eigenvalue weighted by Gasteiger charge is -2.20. The largest absolute Gasteiger partial charge is 0.317 e. The molecule has 1 N–H and O–H groups in total. The van der Waals surface area contributed by atoms with E-state index in [0.717, 1.165) is 35.6 Å². The monoisotopic (exact) mass is 327 g/mol. The van der Waals surface area contributed by atoms with E-state index in [1.807, 2.05) is 18.4 Å². The molecule has 0 radical (unpaired) electrons. The highest BCUT2D eigenvalue weighted by molar-refractivity contribution is 7.12. The number of nitrogens with one attached hydrogen (secondary N) is 1. The first-order chi connectivity index (χ1) is 11.1. The quantitative estimate of drug-likeness (QED) is 0.922. The minimum absolute atomic E-state index is 0.169. The molecule has 1 fully saturated rings. The Morgan fingerprint density at radius 2 is 2.09 bits per heavy atom. The molecule has 1 amide bonds. The highest BCUT2D eigenvalue weighted by Crippen LogP contribution is 2.37. The van der Waals surface area contributed by atoms with Gasteiger partial charge in [-0.1, -0.05) is 6.07 Å². The van der Waals surface area contributed by atoms with E-state index in [-0.39, 0.29) is 5.91 Å². The molecule has 5 heteroatoms. The van der Waals surface area contributed by atoms with Crippen molar-refractivity contribution in [1.29, 1.82) is 0 Å². The average molecular weight is 327 g/mol. The highest BCUT2D eigenvalue weighted by Gasteiger charge is 2.25. The van der Waals surface area contributed by atoms with E-state index < -0.39 is 0 Å². The van der Waals surface area contributed by atoms with Crippen LogP contribution in [-0.4, -0.2) is 31.0 Å². The molecule has 0 atom stereocenters. The van der Waals surface area contributed by atoms with Gasteiger partial charge in [0, 0.05) is 29.1 Å². The van der Waals surface area contributed by atoms with Gasteiger partial charge in [-0.25, -0.2) is 4.98 Å². The maximum atomic E-state index is 11.9. The molecule has 0 bridgehead atoms. The number of benzene rings is 1. The van der Waals surface area contributed by atoms with Crippen molar-refractivity contribution in [3.63, 3.8) is 0 Å². The minimum atomic E-state index is 0.169. The molecule has 0 aliphatic carbocycles. The van der Waals surface area contributed by atoms with Gasteiger partial charge in [0.25, 0.3) is 0 Å². The van der Waals surface area contributed by atoms with Crippen molar-refractivity contribution in [2.45, 2.75) is 32.1 Å². The molecule has 4 rings (SSSR count). The van der Waals surface area contributed by atoms with Crippen molar-refractivity contribution in [1.82, 2.24) is 10.3 Å². The number of amides is 1. The van der Waals surface area contributed by atoms with Gasteiger partial charge in [-0.15, -0.1) is 11.3 Å². The summed E-state index contributed by atoms with van der Waals surface area (Å²) in [5, 5.41) is 4.69. The summed E-state index contributed by atoms with van der Waals surface area (Å²) >= 11 is 1.83. The van der Waals surface area contributed by atoms with Crippen LogP contribution in [0.2, 0.25) is 0 Å². The number of fused-ring (bicyclic) bond motifs is 1. The second-order valence-corrected chi connectivity index (χ2v) is 7.69. The summed E-state index contributed by atoms with van der Waals surface area (Å²) in [5.74, 6) is 0.762. The number of carbonyl (C=O) groups is 1. The molecule has 2 aromatic rings. The van der Waals surface area contributed by atoms with Gasteiger partial charge in [-0.2, -0.15) is 0 Å². The Kier molecular flexibility index (Phi) is 3.70. The van der Waals surface area contributed by atoms with Crippen LogP contribution in [0.1, 0.15) is 34.2 Å². The predicted octanol–water partition coefficient (Wildman–Crippen LogP) is 3.10. The number of thiazole rings is 1. The molecule has 1 aromatic carbocycles. The van der Waals surface area contributed by atoms with Gasteiger partial charge in [0.2, 0.25) is 5.91 Å². The van der Waals surface area contributed by atoms with Crippen molar-refractivity contribution in [3.8, 4) is 11.3 Å². The zero-order valence-corrected chi connectivity index (χ0v) is 14.4. The molecule has 1 aromatic heterocycles. The minimum Gasteiger partial charge on any atom is -0.317 e. The maximum absolute atomic E-state index is 11.9. The van der Waals surface area contributed by atoms with Crippen LogP contribution in [-0.2, 0) is 11.2 Å². The zero-order valence-electron chi connectivity index (χ0n) is 13.6. The van der Waals surface area contributed by atoms with Crippen molar-refractivity contribution in [3.05, 3.63) is 33.6 Å². The Bertz CT molecular complexity index is 762. The highest BCUT2D eigenvalue weighted by atomic mass is 32.1. The Balaban J connectivity index is 1.67. The number of anilines is 1. The van der Waals surface area contributed by atoms with Crippen LogP contribution in [0.4, 0.5) is 5.69 Å². The maximum Gasteiger partial charge on any atom is 0.231 e. The number of likely N-dealkylation sites (N-methyl/N-ethyl adjacent to an activating group) is 1. The van der Waals surface area contributed by atoms with Crippen LogP contribution < -0.4 is 10.2 Å². The molecular weight excluding hydrogens is 306 g/mol. The van der Waals surface area contributed by atoms with Crippen molar-refractivity contribution < 1.29 is 4.79 Å². The lowest BCUT2D eigenvalue weighted by molar-refractivity contribution is -0.117. The third-order valence-electron chi connectivity index (χ3n) is 4.93. The van der Waals surface area contributed by atoms with Crippen molar-refractivity contribution in [2.75, 3.05) is 25.0 Å². The summed E-state index contributed by atoms with van der Waals surface area (Å²) in [4.78, 5) is 19.8. The summed E-state index contributed by atoms with van der Waals surface area (Å²) in [7, 11) is 1.84. The second-order valence-electron chi connectivity index (χ2n) is 6.45. The van der Waals surface area contributed by atoms with E-state index in [4.69, 9.17) is 4.98 Å². The molecule has 0 unspecified atom stereocenters. The topological polar surface area (TPSA) is 45.2 Å². The fourth-order valence-electron chi connectivity index (χ4n) is 3.55. The third kappa shape index (κ3) is 2.58. The molecule has 23 heavy (non-hydrogen) atoms. The van der Waals surface area contributed by atoms with E-state index in [9.17, 15) is 4.79 Å². The first kappa shape index (κ1) is 14.8. The summed E-state index contributed by atoms with van der Waals surface area (Å²) in [5.41, 5.74) is 4.38. The van der Waals surface area contributed by atoms with Crippen LogP contribution >= 0.6 is 11.3 Å². The number of hydrogen-bond acceptors (Lipinski definition) is 4. The number of hydrogen-bond donors (Lipinski definition) is 1. The molecule has 1 saturated heterocycles. The van der Waals surface area contributed by atoms with Gasteiger partial charge in [-0.3, -0.25) is 4.79 Å². The molecular formula is C18H21N3OS. The number of nitrogens with zero attached hydrogens (tertiary/aromatic N) is 2. The molecule has 2 aliphatic rings. The van der Waals surface area contributed by atoms with Crippen LogP contribution in [0.3, 0.4) is 0 Å². The fourth-order valence-corrected chi connectivity index (χ4v) is 4.66. The standard InChI is InChI=1S/C18H21N3OS/c1-11-17(20-18(23-11)12-5-7-19-8-6-12)13-3-4-15-14(9-13)10-16(22)21(15)2/h3-4,9,12,19H,5-8,10H2,1-2H3. The average Bonchev–Trinajstić information content (AvgIpc) is 3.09. The van der Waals surface area contributed by atoms with Gasteiger partial charge in [0.1, 0.15) is 0 Å². The number of aryl methyl sites for hydroxylation is 1. The first-order valence-electron chi connectivity index (χ1n) is 8.21. The van der Waals surface area contributed by atoms with Gasteiger partial charge < -0.3 is 10.2 Å². The molecule has 120 valence electrons. The molecule has 2 aliphatic heterocycles. The smallest absolute Gasteiger partial charge is 0.231 e. The van der Waals surface area contributed by atoms with E-state index >= 15 is 0 Å². The number of rotatable bonds is 2. The van der Waals surface area contributed by atoms with Gasteiger partial charge in [0.05, 0.1) is 17.1 Å². The SMILES string of the molecule is Cc1sc(C2CCNCC2)nc1-c1ccc2c(c1)CC(=O)N2C. The lowest BCUT2D eigenvalue weighted by Crippen LogP contribution is -2.26. The van der Waals surface area contributed by atoms with Gasteiger partial charge in [-0.05, 0) is 50.6 Å². The van der Waals surface area contributed by atoms with Crippen LogP contribution in [0.5, 0.6) is 0 Å². The predicted molar refractivity (Wildman–Crippen MR) is 94.2 cm³/mol. The van der Waals surface area contributed by atoms with Crippen LogP contribution in [0.15, 0.2) is 18.2 Å². The zero-order chi connectivity index (χ0) is 16.0. The van der Waals surface area contributed by atoms with Gasteiger partial charge in [0.15, 0.2) is 0 Å².